The molecule has 4 heterocycles. The monoisotopic (exact) mass is 590 g/mol. The number of thiophene rings is 1. The number of nitrogens with zero attached hydrogens (tertiary/aromatic N) is 4. The van der Waals surface area contributed by atoms with Gasteiger partial charge in [0.05, 0.1) is 34.7 Å². The highest BCUT2D eigenvalue weighted by Gasteiger charge is 2.38. The summed E-state index contributed by atoms with van der Waals surface area (Å²) in [4.78, 5) is 32.1. The Labute approximate surface area is 242 Å². The number of nitrogens with one attached hydrogen (secondary N) is 2. The first-order valence-electron chi connectivity index (χ1n) is 13.1. The summed E-state index contributed by atoms with van der Waals surface area (Å²) in [7, 11) is 1.44. The molecule has 214 valence electrons. The van der Waals surface area contributed by atoms with Gasteiger partial charge in [0, 0.05) is 30.3 Å². The molecular weight excluding hydrogens is 565 g/mol. The van der Waals surface area contributed by atoms with Crippen molar-refractivity contribution in [1.82, 2.24) is 14.8 Å². The zero-order valence-electron chi connectivity index (χ0n) is 22.6. The van der Waals surface area contributed by atoms with Gasteiger partial charge < -0.3 is 15.5 Å². The maximum Gasteiger partial charge on any atom is 0.290 e. The van der Waals surface area contributed by atoms with Gasteiger partial charge >= 0.3 is 0 Å². The molecule has 0 spiro atoms. The number of alkyl halides is 2. The molecule has 0 radical (unpaired) electrons. The number of aromatic nitrogens is 3. The highest BCUT2D eigenvalue weighted by atomic mass is 32.1. The van der Waals surface area contributed by atoms with Gasteiger partial charge in [-0.15, -0.1) is 11.3 Å². The second-order valence-corrected chi connectivity index (χ2v) is 11.3. The van der Waals surface area contributed by atoms with E-state index in [0.717, 1.165) is 14.8 Å². The highest BCUT2D eigenvalue weighted by Crippen LogP contribution is 2.33. The first kappa shape index (κ1) is 27.5. The topological polar surface area (TPSA) is 92.2 Å². The molecule has 0 saturated carbocycles. The maximum atomic E-state index is 15.8. The molecule has 0 atom stereocenters. The Balaban J connectivity index is 1.27. The van der Waals surface area contributed by atoms with Crippen molar-refractivity contribution >= 4 is 50.2 Å². The molecule has 42 heavy (non-hydrogen) atoms. The summed E-state index contributed by atoms with van der Waals surface area (Å²) in [5.74, 6) is -3.56. The summed E-state index contributed by atoms with van der Waals surface area (Å²) in [6.07, 6.45) is 1.25. The van der Waals surface area contributed by atoms with Crippen LogP contribution < -0.4 is 21.1 Å². The third kappa shape index (κ3) is 5.45. The fourth-order valence-electron chi connectivity index (χ4n) is 4.89. The van der Waals surface area contributed by atoms with Gasteiger partial charge in [0.25, 0.3) is 17.4 Å². The standard InChI is InChI=1S/C30H25F3N6O2S/c1-17-11-20(27(31)22(12-17)36-28(40)25-13-18-5-3-4-6-24(18)42-25)21-14-23(29(41)38(2)37-21)35-26-8-7-19(15-34-26)39-10-9-30(32,33)16-39/h3-8,11-15H,9-10,16H2,1-2H3,(H,34,35)(H,36,40). The van der Waals surface area contributed by atoms with Gasteiger partial charge in [-0.25, -0.2) is 22.8 Å². The van der Waals surface area contributed by atoms with Crippen molar-refractivity contribution < 1.29 is 18.0 Å². The molecular formula is C30H25F3N6O2S. The van der Waals surface area contributed by atoms with Crippen molar-refractivity contribution in [2.45, 2.75) is 19.3 Å². The molecule has 3 aromatic heterocycles. The van der Waals surface area contributed by atoms with Crippen LogP contribution in [0.4, 0.5) is 36.1 Å². The van der Waals surface area contributed by atoms with E-state index in [0.29, 0.717) is 21.9 Å². The first-order valence-corrected chi connectivity index (χ1v) is 13.9. The zero-order valence-corrected chi connectivity index (χ0v) is 23.4. The zero-order chi connectivity index (χ0) is 29.6. The minimum absolute atomic E-state index is 0.0117. The van der Waals surface area contributed by atoms with Crippen LogP contribution in [-0.4, -0.2) is 39.7 Å². The average Bonchev–Trinajstić information content (AvgIpc) is 3.56. The number of benzene rings is 2. The van der Waals surface area contributed by atoms with Gasteiger partial charge in [-0.3, -0.25) is 9.59 Å². The lowest BCUT2D eigenvalue weighted by molar-refractivity contribution is 0.0257. The van der Waals surface area contributed by atoms with Gasteiger partial charge in [0.1, 0.15) is 11.5 Å². The average molecular weight is 591 g/mol. The van der Waals surface area contributed by atoms with Crippen LogP contribution in [-0.2, 0) is 7.05 Å². The Bertz CT molecular complexity index is 1850. The Kier molecular flexibility index (Phi) is 6.93. The molecule has 0 aliphatic carbocycles. The van der Waals surface area contributed by atoms with E-state index in [9.17, 15) is 18.4 Å². The van der Waals surface area contributed by atoms with Crippen LogP contribution in [0.15, 0.2) is 71.7 Å². The molecule has 1 aliphatic rings. The van der Waals surface area contributed by atoms with Crippen LogP contribution in [0, 0.1) is 12.7 Å². The molecule has 12 heteroatoms. The Morgan fingerprint density at radius 3 is 2.60 bits per heavy atom. The van der Waals surface area contributed by atoms with Crippen molar-refractivity contribution in [2.24, 2.45) is 7.05 Å². The van der Waals surface area contributed by atoms with E-state index in [2.05, 4.69) is 20.7 Å². The summed E-state index contributed by atoms with van der Waals surface area (Å²) in [6.45, 7) is 1.62. The molecule has 5 aromatic rings. The largest absolute Gasteiger partial charge is 0.364 e. The number of carbonyl (C=O) groups is 1. The third-order valence-corrected chi connectivity index (χ3v) is 8.11. The van der Waals surface area contributed by atoms with Gasteiger partial charge in [-0.1, -0.05) is 18.2 Å². The van der Waals surface area contributed by atoms with Crippen LogP contribution in [0.5, 0.6) is 0 Å². The summed E-state index contributed by atoms with van der Waals surface area (Å²) in [5.41, 5.74) is 1.08. The molecule has 6 rings (SSSR count). The number of anilines is 4. The lowest BCUT2D eigenvalue weighted by atomic mass is 10.1. The molecule has 1 aliphatic heterocycles. The van der Waals surface area contributed by atoms with Crippen molar-refractivity contribution in [2.75, 3.05) is 28.6 Å². The predicted molar refractivity (Wildman–Crippen MR) is 159 cm³/mol. The minimum atomic E-state index is -2.73. The summed E-state index contributed by atoms with van der Waals surface area (Å²) in [5, 5.41) is 10.8. The van der Waals surface area contributed by atoms with E-state index in [1.54, 1.807) is 36.1 Å². The lowest BCUT2D eigenvalue weighted by Gasteiger charge is -2.18. The second kappa shape index (κ2) is 10.6. The van der Waals surface area contributed by atoms with E-state index < -0.39 is 23.2 Å². The van der Waals surface area contributed by atoms with Crippen LogP contribution in [0.25, 0.3) is 21.3 Å². The SMILES string of the molecule is Cc1cc(NC(=O)c2cc3ccccc3s2)c(F)c(-c2cc(Nc3ccc(N4CCC(F)(F)C4)cn3)c(=O)n(C)n2)c1. The number of hydrogen-bond donors (Lipinski definition) is 2. The maximum absolute atomic E-state index is 15.8. The molecule has 2 N–H and O–H groups in total. The second-order valence-electron chi connectivity index (χ2n) is 10.2. The minimum Gasteiger partial charge on any atom is -0.364 e. The lowest BCUT2D eigenvalue weighted by Crippen LogP contribution is -2.25. The number of amides is 1. The van der Waals surface area contributed by atoms with Crippen LogP contribution in [0.3, 0.4) is 0 Å². The smallest absolute Gasteiger partial charge is 0.290 e. The van der Waals surface area contributed by atoms with Crippen molar-refractivity contribution in [3.8, 4) is 11.3 Å². The summed E-state index contributed by atoms with van der Waals surface area (Å²) in [6, 6.07) is 17.1. The number of rotatable bonds is 6. The molecule has 2 aromatic carbocycles. The van der Waals surface area contributed by atoms with Gasteiger partial charge in [-0.2, -0.15) is 5.10 Å². The number of fused-ring (bicyclic) bond motifs is 1. The number of hydrogen-bond acceptors (Lipinski definition) is 7. The fourth-order valence-corrected chi connectivity index (χ4v) is 5.85. The van der Waals surface area contributed by atoms with Crippen LogP contribution >= 0.6 is 11.3 Å². The number of aryl methyl sites for hydroxylation is 2. The molecule has 0 unspecified atom stereocenters. The van der Waals surface area contributed by atoms with Crippen molar-refractivity contribution in [3.63, 3.8) is 0 Å². The fraction of sp³-hybridized carbons (Fsp3) is 0.200. The quantitative estimate of drug-likeness (QED) is 0.240. The number of carbonyl (C=O) groups excluding carboxylic acids is 1. The summed E-state index contributed by atoms with van der Waals surface area (Å²) >= 11 is 1.31. The number of pyridine rings is 1. The molecule has 1 saturated heterocycles. The summed E-state index contributed by atoms with van der Waals surface area (Å²) < 4.78 is 45.1. The van der Waals surface area contributed by atoms with E-state index in [-0.39, 0.29) is 42.1 Å². The Morgan fingerprint density at radius 2 is 1.88 bits per heavy atom. The third-order valence-electron chi connectivity index (χ3n) is 7.00. The van der Waals surface area contributed by atoms with Gasteiger partial charge in [-0.05, 0) is 60.3 Å². The Hall–Kier alpha value is -4.71. The molecule has 0 bridgehead atoms. The van der Waals surface area contributed by atoms with Crippen LogP contribution in [0.2, 0.25) is 0 Å². The van der Waals surface area contributed by atoms with Crippen LogP contribution in [0.1, 0.15) is 21.7 Å². The van der Waals surface area contributed by atoms with E-state index >= 15 is 4.39 Å². The molecule has 1 amide bonds. The van der Waals surface area contributed by atoms with E-state index in [1.807, 2.05) is 24.3 Å². The predicted octanol–water partition coefficient (Wildman–Crippen LogP) is 6.35. The first-order chi connectivity index (χ1) is 20.1. The Morgan fingerprint density at radius 1 is 1.07 bits per heavy atom. The number of halogens is 3. The molecule has 1 fully saturated rings. The van der Waals surface area contributed by atoms with E-state index in [4.69, 9.17) is 0 Å². The normalized spacial score (nSPS) is 14.4. The molecule has 8 nitrogen and oxygen atoms in total. The van der Waals surface area contributed by atoms with Crippen molar-refractivity contribution in [3.05, 3.63) is 93.5 Å². The highest BCUT2D eigenvalue weighted by molar-refractivity contribution is 7.20. The van der Waals surface area contributed by atoms with E-state index in [1.165, 1.54) is 36.7 Å². The van der Waals surface area contributed by atoms with Gasteiger partial charge in [0.15, 0.2) is 5.82 Å². The van der Waals surface area contributed by atoms with Gasteiger partial charge in [0.2, 0.25) is 0 Å². The van der Waals surface area contributed by atoms with Crippen molar-refractivity contribution in [1.29, 1.82) is 0 Å².